The number of nitrogens with zero attached hydrogens (tertiary/aromatic N) is 1. The minimum absolute atomic E-state index is 0.0532. The minimum Gasteiger partial charge on any atom is -0.279 e. The van der Waals surface area contributed by atoms with E-state index < -0.39 is 21.8 Å². The normalized spacial score (nSPS) is 11.3. The Hall–Kier alpha value is -0.490. The van der Waals surface area contributed by atoms with Crippen molar-refractivity contribution in [2.24, 2.45) is 0 Å². The van der Waals surface area contributed by atoms with Gasteiger partial charge in [0.25, 0.3) is 0 Å². The zero-order valence-corrected chi connectivity index (χ0v) is 11.7. The Balaban J connectivity index is 3.32. The molecule has 0 radical (unpaired) electrons. The van der Waals surface area contributed by atoms with Gasteiger partial charge in [0, 0.05) is 0 Å². The van der Waals surface area contributed by atoms with Crippen molar-refractivity contribution in [2.45, 2.75) is 0 Å². The molecule has 0 N–H and O–H groups in total. The molecule has 0 heterocycles. The molecule has 8 heteroatoms. The van der Waals surface area contributed by atoms with Crippen molar-refractivity contribution in [1.82, 2.24) is 0 Å². The van der Waals surface area contributed by atoms with E-state index in [0.29, 0.717) is 0 Å². The van der Waals surface area contributed by atoms with Crippen molar-refractivity contribution in [1.29, 1.82) is 0 Å². The van der Waals surface area contributed by atoms with Gasteiger partial charge in [-0.25, -0.2) is 8.42 Å². The first-order chi connectivity index (χ1) is 7.73. The van der Waals surface area contributed by atoms with E-state index in [4.69, 9.17) is 34.8 Å². The molecule has 0 aliphatic carbocycles. The van der Waals surface area contributed by atoms with Crippen molar-refractivity contribution in [3.8, 4) is 0 Å². The van der Waals surface area contributed by atoms with E-state index in [-0.39, 0.29) is 15.7 Å². The first-order valence-corrected chi connectivity index (χ1v) is 7.31. The number of carbonyl (C=O) groups excluding carboxylic acids is 1. The van der Waals surface area contributed by atoms with Gasteiger partial charge < -0.3 is 0 Å². The molecular weight excluding hydrogens is 309 g/mol. The van der Waals surface area contributed by atoms with E-state index in [9.17, 15) is 13.2 Å². The second kappa shape index (κ2) is 5.44. The van der Waals surface area contributed by atoms with Crippen LogP contribution >= 0.6 is 34.8 Å². The average Bonchev–Trinajstić information content (AvgIpc) is 2.17. The molecule has 17 heavy (non-hydrogen) atoms. The maximum Gasteiger partial charge on any atom is 0.242 e. The van der Waals surface area contributed by atoms with E-state index in [1.807, 2.05) is 0 Å². The predicted molar refractivity (Wildman–Crippen MR) is 69.5 cm³/mol. The van der Waals surface area contributed by atoms with Gasteiger partial charge in [-0.2, -0.15) is 0 Å². The molecule has 0 bridgehead atoms. The molecule has 1 aromatic carbocycles. The molecule has 0 fully saturated rings. The monoisotopic (exact) mass is 315 g/mol. The number of anilines is 1. The topological polar surface area (TPSA) is 54.5 Å². The summed E-state index contributed by atoms with van der Waals surface area (Å²) < 4.78 is 23.9. The smallest absolute Gasteiger partial charge is 0.242 e. The second-order valence-corrected chi connectivity index (χ2v) is 6.31. The van der Waals surface area contributed by atoms with Gasteiger partial charge in [0.05, 0.1) is 22.0 Å². The molecule has 0 saturated carbocycles. The third-order valence-corrected chi connectivity index (χ3v) is 3.92. The van der Waals surface area contributed by atoms with Gasteiger partial charge in [-0.3, -0.25) is 9.10 Å². The van der Waals surface area contributed by atoms with Gasteiger partial charge in [0.15, 0.2) is 0 Å². The minimum atomic E-state index is -3.67. The summed E-state index contributed by atoms with van der Waals surface area (Å²) in [6.45, 7) is -0.500. The van der Waals surface area contributed by atoms with Crippen LogP contribution in [0.25, 0.3) is 0 Å². The lowest BCUT2D eigenvalue weighted by Crippen LogP contribution is -2.33. The van der Waals surface area contributed by atoms with Gasteiger partial charge >= 0.3 is 0 Å². The van der Waals surface area contributed by atoms with Crippen LogP contribution in [-0.2, 0) is 14.8 Å². The van der Waals surface area contributed by atoms with E-state index in [0.717, 1.165) is 10.6 Å². The SMILES string of the molecule is CS(=O)(=O)N(CC(=O)Cl)c1cccc(Cl)c1Cl. The van der Waals surface area contributed by atoms with E-state index in [2.05, 4.69) is 0 Å². The summed E-state index contributed by atoms with van der Waals surface area (Å²) in [5, 5.41) is -0.566. The summed E-state index contributed by atoms with van der Waals surface area (Å²) in [5.74, 6) is 0. The van der Waals surface area contributed by atoms with Crippen LogP contribution in [0.2, 0.25) is 10.0 Å². The largest absolute Gasteiger partial charge is 0.279 e. The number of sulfonamides is 1. The quantitative estimate of drug-likeness (QED) is 0.802. The Bertz CT molecular complexity index is 544. The zero-order valence-electron chi connectivity index (χ0n) is 8.65. The van der Waals surface area contributed by atoms with E-state index in [1.165, 1.54) is 18.2 Å². The van der Waals surface area contributed by atoms with Gasteiger partial charge in [0.2, 0.25) is 15.3 Å². The Morgan fingerprint density at radius 1 is 1.35 bits per heavy atom. The summed E-state index contributed by atoms with van der Waals surface area (Å²) in [4.78, 5) is 10.9. The van der Waals surface area contributed by atoms with Crippen molar-refractivity contribution in [2.75, 3.05) is 17.1 Å². The van der Waals surface area contributed by atoms with Crippen LogP contribution in [0, 0.1) is 0 Å². The highest BCUT2D eigenvalue weighted by molar-refractivity contribution is 7.92. The van der Waals surface area contributed by atoms with E-state index in [1.54, 1.807) is 0 Å². The number of benzene rings is 1. The van der Waals surface area contributed by atoms with Crippen molar-refractivity contribution in [3.05, 3.63) is 28.2 Å². The van der Waals surface area contributed by atoms with Crippen LogP contribution in [0.3, 0.4) is 0 Å². The van der Waals surface area contributed by atoms with Gasteiger partial charge in [-0.05, 0) is 23.7 Å². The average molecular weight is 317 g/mol. The summed E-state index contributed by atoms with van der Waals surface area (Å²) in [6.07, 6.45) is 0.948. The predicted octanol–water partition coefficient (Wildman–Crippen LogP) is 2.52. The third-order valence-electron chi connectivity index (χ3n) is 1.87. The van der Waals surface area contributed by atoms with Crippen LogP contribution in [0.15, 0.2) is 18.2 Å². The number of hydrogen-bond acceptors (Lipinski definition) is 3. The Morgan fingerprint density at radius 2 is 1.94 bits per heavy atom. The zero-order chi connectivity index (χ0) is 13.2. The standard InChI is InChI=1S/C9H8Cl3NO3S/c1-17(15,16)13(5-8(11)14)7-4-2-3-6(10)9(7)12/h2-4H,5H2,1H3. The number of carbonyl (C=O) groups is 1. The van der Waals surface area contributed by atoms with Crippen LogP contribution in [0.5, 0.6) is 0 Å². The molecule has 1 rings (SSSR count). The Morgan fingerprint density at radius 3 is 2.41 bits per heavy atom. The van der Waals surface area contributed by atoms with Crippen LogP contribution < -0.4 is 4.31 Å². The first-order valence-electron chi connectivity index (χ1n) is 4.33. The fourth-order valence-electron chi connectivity index (χ4n) is 1.18. The van der Waals surface area contributed by atoms with Crippen molar-refractivity contribution in [3.63, 3.8) is 0 Å². The molecule has 4 nitrogen and oxygen atoms in total. The lowest BCUT2D eigenvalue weighted by Gasteiger charge is -2.21. The summed E-state index contributed by atoms with van der Waals surface area (Å²) in [5.41, 5.74) is 0.121. The molecule has 1 aromatic rings. The molecule has 0 atom stereocenters. The summed E-state index contributed by atoms with van der Waals surface area (Å²) in [7, 11) is -3.67. The molecule has 0 unspecified atom stereocenters. The van der Waals surface area contributed by atoms with E-state index >= 15 is 0 Å². The van der Waals surface area contributed by atoms with Crippen LogP contribution in [-0.4, -0.2) is 26.5 Å². The molecule has 94 valence electrons. The Labute approximate surface area is 114 Å². The highest BCUT2D eigenvalue weighted by atomic mass is 35.5. The molecular formula is C9H8Cl3NO3S. The lowest BCUT2D eigenvalue weighted by atomic mass is 10.3. The van der Waals surface area contributed by atoms with Gasteiger partial charge in [-0.1, -0.05) is 29.3 Å². The molecule has 0 aliphatic heterocycles. The maximum absolute atomic E-state index is 11.5. The number of halogens is 3. The maximum atomic E-state index is 11.5. The molecule has 0 amide bonds. The third kappa shape index (κ3) is 3.74. The molecule has 0 aliphatic rings. The van der Waals surface area contributed by atoms with Crippen LogP contribution in [0.1, 0.15) is 0 Å². The first kappa shape index (κ1) is 14.6. The van der Waals surface area contributed by atoms with Gasteiger partial charge in [-0.15, -0.1) is 0 Å². The summed E-state index contributed by atoms with van der Waals surface area (Å²) >= 11 is 16.9. The van der Waals surface area contributed by atoms with Gasteiger partial charge in [0.1, 0.15) is 6.54 Å². The fraction of sp³-hybridized carbons (Fsp3) is 0.222. The number of hydrogen-bond donors (Lipinski definition) is 0. The number of rotatable bonds is 4. The Kier molecular flexibility index (Phi) is 4.66. The van der Waals surface area contributed by atoms with Crippen LogP contribution in [0.4, 0.5) is 5.69 Å². The molecule has 0 saturated heterocycles. The highest BCUT2D eigenvalue weighted by Gasteiger charge is 2.22. The second-order valence-electron chi connectivity index (χ2n) is 3.20. The highest BCUT2D eigenvalue weighted by Crippen LogP contribution is 2.33. The van der Waals surface area contributed by atoms with Crippen molar-refractivity contribution < 1.29 is 13.2 Å². The molecule has 0 spiro atoms. The fourth-order valence-corrected chi connectivity index (χ4v) is 2.68. The molecule has 0 aromatic heterocycles. The van der Waals surface area contributed by atoms with Crippen molar-refractivity contribution >= 4 is 55.8 Å². The lowest BCUT2D eigenvalue weighted by molar-refractivity contribution is -0.110. The summed E-state index contributed by atoms with van der Waals surface area (Å²) in [6, 6.07) is 4.48.